The average Bonchev–Trinajstić information content (AvgIpc) is 2.61. The predicted octanol–water partition coefficient (Wildman–Crippen LogP) is 3.43. The van der Waals surface area contributed by atoms with E-state index in [-0.39, 0.29) is 5.92 Å². The quantitative estimate of drug-likeness (QED) is 0.517. The number of carboxylic acid groups (broad SMARTS) is 1. The van der Waals surface area contributed by atoms with Crippen LogP contribution in [0.4, 0.5) is 0 Å². The molecule has 6 heteroatoms. The van der Waals surface area contributed by atoms with Gasteiger partial charge in [-0.05, 0) is 49.4 Å². The van der Waals surface area contributed by atoms with Crippen LogP contribution in [0.25, 0.3) is 5.70 Å². The van der Waals surface area contributed by atoms with Crippen LogP contribution in [0.3, 0.4) is 0 Å². The van der Waals surface area contributed by atoms with Crippen LogP contribution in [0.1, 0.15) is 42.9 Å². The van der Waals surface area contributed by atoms with Gasteiger partial charge in [-0.2, -0.15) is 0 Å². The molecule has 0 saturated carbocycles. The molecule has 0 atom stereocenters. The van der Waals surface area contributed by atoms with Gasteiger partial charge < -0.3 is 14.6 Å². The number of aryl methyl sites for hydroxylation is 2. The van der Waals surface area contributed by atoms with Gasteiger partial charge in [-0.3, -0.25) is 10.3 Å². The molecule has 0 spiro atoms. The van der Waals surface area contributed by atoms with Crippen molar-refractivity contribution in [2.45, 2.75) is 45.8 Å². The first-order valence-electron chi connectivity index (χ1n) is 8.97. The second kappa shape index (κ2) is 9.16. The molecule has 2 N–H and O–H groups in total. The van der Waals surface area contributed by atoms with Gasteiger partial charge in [0.1, 0.15) is 0 Å². The minimum absolute atomic E-state index is 0.223. The minimum atomic E-state index is -1.50. The van der Waals surface area contributed by atoms with Crippen LogP contribution in [0.15, 0.2) is 24.8 Å². The molecule has 0 amide bonds. The van der Waals surface area contributed by atoms with Crippen molar-refractivity contribution < 1.29 is 24.2 Å². The van der Waals surface area contributed by atoms with E-state index >= 15 is 0 Å². The molecule has 1 aliphatic rings. The standard InChI is InChI=1S/C20H29NO5/c1-14-8-9-18(11-15(14)2)16(3)21-26-10-6-5-7-17-12-24-20(4,19(22)23)25-13-17/h8-9,11,17,21H,3,5-7,10,12-13H2,1-2,4H3,(H,22,23). The Kier molecular flexibility index (Phi) is 7.20. The zero-order chi connectivity index (χ0) is 19.2. The third-order valence-electron chi connectivity index (χ3n) is 4.74. The van der Waals surface area contributed by atoms with Crippen molar-refractivity contribution in [1.82, 2.24) is 5.48 Å². The maximum absolute atomic E-state index is 11.0. The van der Waals surface area contributed by atoms with Crippen LogP contribution in [-0.2, 0) is 19.1 Å². The normalized spacial score (nSPS) is 22.8. The molecule has 6 nitrogen and oxygen atoms in total. The second-order valence-corrected chi connectivity index (χ2v) is 6.96. The summed E-state index contributed by atoms with van der Waals surface area (Å²) >= 11 is 0. The number of ether oxygens (including phenoxy) is 2. The minimum Gasteiger partial charge on any atom is -0.477 e. The van der Waals surface area contributed by atoms with Crippen LogP contribution < -0.4 is 5.48 Å². The Labute approximate surface area is 155 Å². The predicted molar refractivity (Wildman–Crippen MR) is 99.3 cm³/mol. The number of aliphatic carboxylic acids is 1. The van der Waals surface area contributed by atoms with Gasteiger partial charge in [-0.1, -0.05) is 25.1 Å². The van der Waals surface area contributed by atoms with Gasteiger partial charge in [-0.15, -0.1) is 0 Å². The fourth-order valence-corrected chi connectivity index (χ4v) is 2.67. The first-order valence-corrected chi connectivity index (χ1v) is 8.97. The van der Waals surface area contributed by atoms with Crippen LogP contribution in [0.5, 0.6) is 0 Å². The van der Waals surface area contributed by atoms with E-state index in [1.165, 1.54) is 18.1 Å². The third kappa shape index (κ3) is 5.56. The molecular formula is C20H29NO5. The third-order valence-corrected chi connectivity index (χ3v) is 4.74. The largest absolute Gasteiger partial charge is 0.477 e. The van der Waals surface area contributed by atoms with E-state index in [0.717, 1.165) is 30.5 Å². The highest BCUT2D eigenvalue weighted by Gasteiger charge is 2.40. The zero-order valence-electron chi connectivity index (χ0n) is 15.8. The summed E-state index contributed by atoms with van der Waals surface area (Å²) in [4.78, 5) is 16.5. The second-order valence-electron chi connectivity index (χ2n) is 6.96. The van der Waals surface area contributed by atoms with E-state index in [4.69, 9.17) is 19.4 Å². The number of hydrogen-bond acceptors (Lipinski definition) is 5. The number of carbonyl (C=O) groups is 1. The molecule has 0 aromatic heterocycles. The molecule has 0 aliphatic carbocycles. The molecule has 2 rings (SSSR count). The maximum Gasteiger partial charge on any atom is 0.364 e. The number of rotatable bonds is 9. The fraction of sp³-hybridized carbons (Fsp3) is 0.550. The van der Waals surface area contributed by atoms with E-state index in [0.29, 0.717) is 19.8 Å². The molecule has 1 fully saturated rings. The summed E-state index contributed by atoms with van der Waals surface area (Å²) in [6.45, 7) is 11.0. The van der Waals surface area contributed by atoms with Crippen LogP contribution in [-0.4, -0.2) is 36.7 Å². The van der Waals surface area contributed by atoms with Crippen molar-refractivity contribution in [2.24, 2.45) is 5.92 Å². The molecule has 144 valence electrons. The van der Waals surface area contributed by atoms with Crippen LogP contribution in [0.2, 0.25) is 0 Å². The van der Waals surface area contributed by atoms with Gasteiger partial charge >= 0.3 is 5.97 Å². The highest BCUT2D eigenvalue weighted by atomic mass is 16.7. The van der Waals surface area contributed by atoms with Crippen molar-refractivity contribution in [1.29, 1.82) is 0 Å². The molecule has 1 aromatic carbocycles. The number of nitrogens with one attached hydrogen (secondary N) is 1. The Balaban J connectivity index is 1.58. The Bertz CT molecular complexity index is 635. The lowest BCUT2D eigenvalue weighted by Gasteiger charge is -2.34. The Morgan fingerprint density at radius 3 is 2.62 bits per heavy atom. The number of benzene rings is 1. The van der Waals surface area contributed by atoms with Crippen molar-refractivity contribution in [3.8, 4) is 0 Å². The molecule has 0 bridgehead atoms. The monoisotopic (exact) mass is 363 g/mol. The molecule has 26 heavy (non-hydrogen) atoms. The molecule has 0 unspecified atom stereocenters. The van der Waals surface area contributed by atoms with Crippen molar-refractivity contribution in [2.75, 3.05) is 19.8 Å². The summed E-state index contributed by atoms with van der Waals surface area (Å²) in [7, 11) is 0. The van der Waals surface area contributed by atoms with E-state index < -0.39 is 11.8 Å². The molecule has 1 heterocycles. The molecule has 0 radical (unpaired) electrons. The van der Waals surface area contributed by atoms with E-state index in [1.54, 1.807) is 0 Å². The average molecular weight is 363 g/mol. The summed E-state index contributed by atoms with van der Waals surface area (Å²) in [5.41, 5.74) is 7.14. The first-order chi connectivity index (χ1) is 12.3. The molecule has 1 aliphatic heterocycles. The summed E-state index contributed by atoms with van der Waals surface area (Å²) in [5, 5.41) is 9.03. The first kappa shape index (κ1) is 20.4. The molecule has 1 aromatic rings. The highest BCUT2D eigenvalue weighted by molar-refractivity contribution is 5.75. The lowest BCUT2D eigenvalue weighted by atomic mass is 10.0. The number of unbranched alkanes of at least 4 members (excludes halogenated alkanes) is 1. The molecular weight excluding hydrogens is 334 g/mol. The van der Waals surface area contributed by atoms with Gasteiger partial charge in [0.25, 0.3) is 5.79 Å². The Hall–Kier alpha value is -1.89. The van der Waals surface area contributed by atoms with Gasteiger partial charge in [0.05, 0.1) is 25.5 Å². The smallest absolute Gasteiger partial charge is 0.364 e. The number of hydrogen-bond donors (Lipinski definition) is 2. The summed E-state index contributed by atoms with van der Waals surface area (Å²) in [5.74, 6) is -2.36. The lowest BCUT2D eigenvalue weighted by molar-refractivity contribution is -0.271. The topological polar surface area (TPSA) is 77.0 Å². The summed E-state index contributed by atoms with van der Waals surface area (Å²) in [6.07, 6.45) is 2.76. The van der Waals surface area contributed by atoms with Gasteiger partial charge in [-0.25, -0.2) is 4.79 Å². The zero-order valence-corrected chi connectivity index (χ0v) is 15.8. The van der Waals surface area contributed by atoms with Gasteiger partial charge in [0.15, 0.2) is 0 Å². The van der Waals surface area contributed by atoms with E-state index in [9.17, 15) is 4.79 Å². The Morgan fingerprint density at radius 2 is 2.00 bits per heavy atom. The van der Waals surface area contributed by atoms with Crippen molar-refractivity contribution in [3.05, 3.63) is 41.5 Å². The SMILES string of the molecule is C=C(NOCCCCC1COC(C)(C(=O)O)OC1)c1ccc(C)c(C)c1. The summed E-state index contributed by atoms with van der Waals surface area (Å²) in [6, 6.07) is 6.18. The van der Waals surface area contributed by atoms with Crippen LogP contribution in [0, 0.1) is 19.8 Å². The van der Waals surface area contributed by atoms with Crippen molar-refractivity contribution in [3.63, 3.8) is 0 Å². The van der Waals surface area contributed by atoms with Crippen molar-refractivity contribution >= 4 is 11.7 Å². The number of carboxylic acids is 1. The Morgan fingerprint density at radius 1 is 1.31 bits per heavy atom. The maximum atomic E-state index is 11.0. The number of hydroxylamine groups is 1. The molecule has 1 saturated heterocycles. The van der Waals surface area contributed by atoms with Gasteiger partial charge in [0.2, 0.25) is 0 Å². The van der Waals surface area contributed by atoms with Gasteiger partial charge in [0, 0.05) is 12.8 Å². The van der Waals surface area contributed by atoms with E-state index in [1.807, 2.05) is 6.07 Å². The summed E-state index contributed by atoms with van der Waals surface area (Å²) < 4.78 is 10.7. The fourth-order valence-electron chi connectivity index (χ4n) is 2.67. The lowest BCUT2D eigenvalue weighted by Crippen LogP contribution is -2.47. The van der Waals surface area contributed by atoms with Crippen LogP contribution >= 0.6 is 0 Å². The highest BCUT2D eigenvalue weighted by Crippen LogP contribution is 2.24. The van der Waals surface area contributed by atoms with E-state index in [2.05, 4.69) is 38.0 Å².